The topological polar surface area (TPSA) is 41.5 Å². The van der Waals surface area contributed by atoms with Crippen LogP contribution in [0, 0.1) is 0 Å². The molecule has 0 heterocycles. The minimum absolute atomic E-state index is 0.291. The molecule has 84 valence electrons. The van der Waals surface area contributed by atoms with Crippen LogP contribution in [0.15, 0.2) is 24.3 Å². The van der Waals surface area contributed by atoms with Crippen LogP contribution in [0.1, 0.15) is 19.3 Å². The molecule has 1 rings (SSSR count). The number of aliphatic hydroxyl groups is 1. The molecule has 2 N–H and O–H groups in total. The van der Waals surface area contributed by atoms with Gasteiger partial charge in [0.2, 0.25) is 0 Å². The number of benzene rings is 1. The molecule has 15 heavy (non-hydrogen) atoms. The highest BCUT2D eigenvalue weighted by molar-refractivity contribution is 5.47. The van der Waals surface area contributed by atoms with Gasteiger partial charge in [-0.15, -0.1) is 0 Å². The van der Waals surface area contributed by atoms with Gasteiger partial charge in [-0.2, -0.15) is 0 Å². The van der Waals surface area contributed by atoms with E-state index in [2.05, 4.69) is 5.32 Å². The lowest BCUT2D eigenvalue weighted by atomic mass is 10.2. The van der Waals surface area contributed by atoms with Gasteiger partial charge in [-0.1, -0.05) is 6.07 Å². The summed E-state index contributed by atoms with van der Waals surface area (Å²) in [7, 11) is 1.67. The quantitative estimate of drug-likeness (QED) is 0.677. The van der Waals surface area contributed by atoms with Crippen LogP contribution >= 0.6 is 0 Å². The van der Waals surface area contributed by atoms with Crippen LogP contribution in [0.5, 0.6) is 5.75 Å². The van der Waals surface area contributed by atoms with Gasteiger partial charge in [0.05, 0.1) is 7.11 Å². The lowest BCUT2D eigenvalue weighted by Gasteiger charge is -2.07. The number of rotatable bonds is 7. The van der Waals surface area contributed by atoms with Gasteiger partial charge in [0.25, 0.3) is 0 Å². The number of anilines is 1. The van der Waals surface area contributed by atoms with Crippen LogP contribution in [0.4, 0.5) is 5.69 Å². The largest absolute Gasteiger partial charge is 0.497 e. The third-order valence-corrected chi connectivity index (χ3v) is 2.23. The van der Waals surface area contributed by atoms with E-state index < -0.39 is 0 Å². The molecule has 0 unspecified atom stereocenters. The second kappa shape index (κ2) is 7.12. The highest BCUT2D eigenvalue weighted by atomic mass is 16.5. The van der Waals surface area contributed by atoms with Crippen molar-refractivity contribution in [3.05, 3.63) is 24.3 Å². The Morgan fingerprint density at radius 1 is 1.27 bits per heavy atom. The van der Waals surface area contributed by atoms with Gasteiger partial charge in [0, 0.05) is 24.9 Å². The summed E-state index contributed by atoms with van der Waals surface area (Å²) in [6, 6.07) is 7.90. The Hall–Kier alpha value is -1.22. The molecule has 0 saturated heterocycles. The fraction of sp³-hybridized carbons (Fsp3) is 0.500. The van der Waals surface area contributed by atoms with Gasteiger partial charge in [0.15, 0.2) is 0 Å². The Morgan fingerprint density at radius 3 is 2.87 bits per heavy atom. The summed E-state index contributed by atoms with van der Waals surface area (Å²) >= 11 is 0. The summed E-state index contributed by atoms with van der Waals surface area (Å²) in [6.45, 7) is 1.23. The number of hydrogen-bond acceptors (Lipinski definition) is 3. The van der Waals surface area contributed by atoms with E-state index in [1.54, 1.807) is 7.11 Å². The normalized spacial score (nSPS) is 10.0. The minimum atomic E-state index is 0.291. The van der Waals surface area contributed by atoms with Gasteiger partial charge in [0.1, 0.15) is 5.75 Å². The molecule has 0 spiro atoms. The zero-order valence-corrected chi connectivity index (χ0v) is 9.20. The third kappa shape index (κ3) is 4.70. The maximum Gasteiger partial charge on any atom is 0.120 e. The van der Waals surface area contributed by atoms with E-state index in [9.17, 15) is 0 Å². The Labute approximate surface area is 91.1 Å². The van der Waals surface area contributed by atoms with Gasteiger partial charge >= 0.3 is 0 Å². The summed E-state index contributed by atoms with van der Waals surface area (Å²) in [5, 5.41) is 11.9. The van der Waals surface area contributed by atoms with E-state index in [1.807, 2.05) is 24.3 Å². The molecular weight excluding hydrogens is 190 g/mol. The number of aliphatic hydroxyl groups excluding tert-OH is 1. The molecule has 0 amide bonds. The lowest BCUT2D eigenvalue weighted by Crippen LogP contribution is -2.01. The molecule has 0 aromatic heterocycles. The molecule has 1 aromatic rings. The standard InChI is InChI=1S/C12H19NO2/c1-15-12-7-5-6-11(10-12)13-8-3-2-4-9-14/h5-7,10,13-14H,2-4,8-9H2,1H3. The summed E-state index contributed by atoms with van der Waals surface area (Å²) < 4.78 is 5.13. The van der Waals surface area contributed by atoms with Crippen molar-refractivity contribution in [3.63, 3.8) is 0 Å². The molecule has 0 radical (unpaired) electrons. The molecule has 0 aliphatic carbocycles. The number of methoxy groups -OCH3 is 1. The Kier molecular flexibility index (Phi) is 5.63. The number of ether oxygens (including phenoxy) is 1. The van der Waals surface area contributed by atoms with Crippen molar-refractivity contribution in [1.29, 1.82) is 0 Å². The monoisotopic (exact) mass is 209 g/mol. The van der Waals surface area contributed by atoms with Gasteiger partial charge in [-0.25, -0.2) is 0 Å². The molecule has 0 bridgehead atoms. The molecule has 0 saturated carbocycles. The van der Waals surface area contributed by atoms with Crippen molar-refractivity contribution in [1.82, 2.24) is 0 Å². The van der Waals surface area contributed by atoms with Crippen LogP contribution in [0.3, 0.4) is 0 Å². The molecule has 0 aliphatic rings. The second-order valence-electron chi connectivity index (χ2n) is 3.44. The summed E-state index contributed by atoms with van der Waals surface area (Å²) in [5.74, 6) is 0.871. The Balaban J connectivity index is 2.24. The van der Waals surface area contributed by atoms with Crippen molar-refractivity contribution in [3.8, 4) is 5.75 Å². The van der Waals surface area contributed by atoms with Crippen molar-refractivity contribution >= 4 is 5.69 Å². The zero-order chi connectivity index (χ0) is 10.9. The van der Waals surface area contributed by atoms with Crippen molar-refractivity contribution in [2.75, 3.05) is 25.6 Å². The average Bonchev–Trinajstić information content (AvgIpc) is 2.29. The fourth-order valence-corrected chi connectivity index (χ4v) is 1.38. The van der Waals surface area contributed by atoms with Crippen molar-refractivity contribution in [2.45, 2.75) is 19.3 Å². The highest BCUT2D eigenvalue weighted by Crippen LogP contribution is 2.16. The number of hydrogen-bond donors (Lipinski definition) is 2. The van der Waals surface area contributed by atoms with Crippen LogP contribution in [0.2, 0.25) is 0 Å². The van der Waals surface area contributed by atoms with Crippen LogP contribution in [0.25, 0.3) is 0 Å². The first-order chi connectivity index (χ1) is 7.36. The predicted octanol–water partition coefficient (Wildman–Crippen LogP) is 2.27. The van der Waals surface area contributed by atoms with Crippen molar-refractivity contribution < 1.29 is 9.84 Å². The van der Waals surface area contributed by atoms with E-state index in [0.717, 1.165) is 37.2 Å². The zero-order valence-electron chi connectivity index (χ0n) is 9.20. The van der Waals surface area contributed by atoms with E-state index in [0.29, 0.717) is 6.61 Å². The molecule has 3 heteroatoms. The Morgan fingerprint density at radius 2 is 2.13 bits per heavy atom. The molecule has 0 fully saturated rings. The predicted molar refractivity (Wildman–Crippen MR) is 62.4 cm³/mol. The van der Waals surface area contributed by atoms with Gasteiger partial charge in [-0.05, 0) is 31.4 Å². The lowest BCUT2D eigenvalue weighted by molar-refractivity contribution is 0.283. The van der Waals surface area contributed by atoms with Crippen molar-refractivity contribution in [2.24, 2.45) is 0 Å². The molecule has 0 atom stereocenters. The first-order valence-electron chi connectivity index (χ1n) is 5.35. The summed E-state index contributed by atoms with van der Waals surface area (Å²) in [6.07, 6.45) is 3.03. The fourth-order valence-electron chi connectivity index (χ4n) is 1.38. The summed E-state index contributed by atoms with van der Waals surface area (Å²) in [5.41, 5.74) is 1.08. The maximum absolute atomic E-state index is 8.61. The Bertz CT molecular complexity index is 276. The third-order valence-electron chi connectivity index (χ3n) is 2.23. The second-order valence-corrected chi connectivity index (χ2v) is 3.44. The maximum atomic E-state index is 8.61. The minimum Gasteiger partial charge on any atom is -0.497 e. The van der Waals surface area contributed by atoms with Crippen LogP contribution in [-0.2, 0) is 0 Å². The molecular formula is C12H19NO2. The van der Waals surface area contributed by atoms with E-state index >= 15 is 0 Å². The molecule has 1 aromatic carbocycles. The number of unbranched alkanes of at least 4 members (excludes halogenated alkanes) is 2. The van der Waals surface area contributed by atoms with E-state index in [-0.39, 0.29) is 0 Å². The van der Waals surface area contributed by atoms with Crippen LogP contribution < -0.4 is 10.1 Å². The van der Waals surface area contributed by atoms with Gasteiger partial charge < -0.3 is 15.2 Å². The molecule has 3 nitrogen and oxygen atoms in total. The average molecular weight is 209 g/mol. The smallest absolute Gasteiger partial charge is 0.120 e. The van der Waals surface area contributed by atoms with E-state index in [4.69, 9.17) is 9.84 Å². The highest BCUT2D eigenvalue weighted by Gasteiger charge is 1.94. The number of nitrogens with one attached hydrogen (secondary N) is 1. The first-order valence-corrected chi connectivity index (χ1v) is 5.35. The van der Waals surface area contributed by atoms with Crippen LogP contribution in [-0.4, -0.2) is 25.4 Å². The first kappa shape index (κ1) is 11.9. The SMILES string of the molecule is COc1cccc(NCCCCCO)c1. The molecule has 0 aliphatic heterocycles. The van der Waals surface area contributed by atoms with E-state index in [1.165, 1.54) is 0 Å². The van der Waals surface area contributed by atoms with Gasteiger partial charge in [-0.3, -0.25) is 0 Å². The summed E-state index contributed by atoms with van der Waals surface area (Å²) in [4.78, 5) is 0.